The molecule has 0 atom stereocenters. The maximum Gasteiger partial charge on any atom is 0.389 e. The first-order valence-corrected chi connectivity index (χ1v) is 12.2. The van der Waals surface area contributed by atoms with Crippen LogP contribution in [0.2, 0.25) is 0 Å². The van der Waals surface area contributed by atoms with Crippen molar-refractivity contribution in [2.75, 3.05) is 6.61 Å². The highest BCUT2D eigenvalue weighted by molar-refractivity contribution is 4.82. The summed E-state index contributed by atoms with van der Waals surface area (Å²) in [6, 6.07) is 0. The summed E-state index contributed by atoms with van der Waals surface area (Å²) >= 11 is 0. The van der Waals surface area contributed by atoms with E-state index in [9.17, 15) is 13.2 Å². The van der Waals surface area contributed by atoms with Gasteiger partial charge in [-0.3, -0.25) is 0 Å². The van der Waals surface area contributed by atoms with Crippen molar-refractivity contribution in [2.45, 2.75) is 128 Å². The standard InChI is InChI=1S/C24H43F3O/c1-2-3-4-5-6-7-8-19-28-23-15-13-22(14-16-23)21-11-9-20(10-12-21)17-18-24(25,26)27/h20-23H,2-19H2,1H3/t20-,21-,22-,23-. The van der Waals surface area contributed by atoms with Crippen molar-refractivity contribution in [1.82, 2.24) is 0 Å². The summed E-state index contributed by atoms with van der Waals surface area (Å²) in [5.41, 5.74) is 0. The van der Waals surface area contributed by atoms with Gasteiger partial charge in [-0.2, -0.15) is 13.2 Å². The summed E-state index contributed by atoms with van der Waals surface area (Å²) in [6.45, 7) is 3.18. The monoisotopic (exact) mass is 404 g/mol. The molecule has 166 valence electrons. The average molecular weight is 405 g/mol. The van der Waals surface area contributed by atoms with Gasteiger partial charge in [-0.05, 0) is 69.1 Å². The Morgan fingerprint density at radius 1 is 0.714 bits per heavy atom. The SMILES string of the molecule is CCCCCCCCCO[C@H]1CC[C@H]([C@H]2CC[C@H](CCC(F)(F)F)CC2)CC1. The molecule has 0 saturated heterocycles. The lowest BCUT2D eigenvalue weighted by Gasteiger charge is -2.38. The Morgan fingerprint density at radius 2 is 1.25 bits per heavy atom. The van der Waals surface area contributed by atoms with Gasteiger partial charge in [0.15, 0.2) is 0 Å². The smallest absolute Gasteiger partial charge is 0.378 e. The predicted octanol–water partition coefficient (Wildman–Crippen LogP) is 8.46. The summed E-state index contributed by atoms with van der Waals surface area (Å²) in [5.74, 6) is 1.85. The van der Waals surface area contributed by atoms with Crippen molar-refractivity contribution in [3.63, 3.8) is 0 Å². The number of rotatable bonds is 12. The molecule has 0 N–H and O–H groups in total. The molecule has 0 amide bonds. The normalized spacial score (nSPS) is 29.1. The topological polar surface area (TPSA) is 9.23 Å². The van der Waals surface area contributed by atoms with E-state index >= 15 is 0 Å². The fraction of sp³-hybridized carbons (Fsp3) is 1.00. The number of hydrogen-bond acceptors (Lipinski definition) is 1. The number of hydrogen-bond donors (Lipinski definition) is 0. The van der Waals surface area contributed by atoms with Crippen LogP contribution in [0.25, 0.3) is 0 Å². The lowest BCUT2D eigenvalue weighted by atomic mass is 9.70. The van der Waals surface area contributed by atoms with Gasteiger partial charge in [0.05, 0.1) is 6.10 Å². The Balaban J connectivity index is 1.49. The largest absolute Gasteiger partial charge is 0.389 e. The molecule has 28 heavy (non-hydrogen) atoms. The van der Waals surface area contributed by atoms with E-state index in [4.69, 9.17) is 4.74 Å². The molecule has 2 aliphatic carbocycles. The summed E-state index contributed by atoms with van der Waals surface area (Å²) in [7, 11) is 0. The Kier molecular flexibility index (Phi) is 11.3. The number of halogens is 3. The van der Waals surface area contributed by atoms with Crippen LogP contribution >= 0.6 is 0 Å². The van der Waals surface area contributed by atoms with Gasteiger partial charge in [0.2, 0.25) is 0 Å². The van der Waals surface area contributed by atoms with E-state index in [0.717, 1.165) is 44.1 Å². The molecule has 2 rings (SSSR count). The minimum absolute atomic E-state index is 0.305. The summed E-state index contributed by atoms with van der Waals surface area (Å²) in [6.07, 6.45) is 14.7. The maximum absolute atomic E-state index is 12.4. The summed E-state index contributed by atoms with van der Waals surface area (Å²) in [5, 5.41) is 0. The van der Waals surface area contributed by atoms with Crippen LogP contribution in [0.3, 0.4) is 0 Å². The van der Waals surface area contributed by atoms with E-state index in [2.05, 4.69) is 6.92 Å². The molecule has 0 unspecified atom stereocenters. The van der Waals surface area contributed by atoms with Crippen LogP contribution in [0.5, 0.6) is 0 Å². The minimum Gasteiger partial charge on any atom is -0.378 e. The van der Waals surface area contributed by atoms with E-state index in [0.29, 0.717) is 18.4 Å². The van der Waals surface area contributed by atoms with Gasteiger partial charge in [-0.25, -0.2) is 0 Å². The highest BCUT2D eigenvalue weighted by atomic mass is 19.4. The van der Waals surface area contributed by atoms with E-state index < -0.39 is 12.6 Å². The lowest BCUT2D eigenvalue weighted by molar-refractivity contribution is -0.138. The third-order valence-electron chi connectivity index (χ3n) is 7.21. The molecule has 4 heteroatoms. The lowest BCUT2D eigenvalue weighted by Crippen LogP contribution is -2.29. The molecule has 2 fully saturated rings. The zero-order chi connectivity index (χ0) is 20.2. The molecule has 1 nitrogen and oxygen atoms in total. The molecule has 0 aromatic rings. The molecule has 2 saturated carbocycles. The zero-order valence-corrected chi connectivity index (χ0v) is 18.1. The van der Waals surface area contributed by atoms with E-state index in [-0.39, 0.29) is 0 Å². The number of ether oxygens (including phenoxy) is 1. The highest BCUT2D eigenvalue weighted by Crippen LogP contribution is 2.42. The van der Waals surface area contributed by atoms with Crippen molar-refractivity contribution in [3.8, 4) is 0 Å². The van der Waals surface area contributed by atoms with Crippen LogP contribution in [0, 0.1) is 17.8 Å². The van der Waals surface area contributed by atoms with Gasteiger partial charge in [0, 0.05) is 13.0 Å². The van der Waals surface area contributed by atoms with Gasteiger partial charge in [-0.1, -0.05) is 58.3 Å². The highest BCUT2D eigenvalue weighted by Gasteiger charge is 2.33. The maximum atomic E-state index is 12.4. The molecular formula is C24H43F3O. The van der Waals surface area contributed by atoms with Crippen molar-refractivity contribution in [1.29, 1.82) is 0 Å². The van der Waals surface area contributed by atoms with Crippen molar-refractivity contribution in [2.24, 2.45) is 17.8 Å². The average Bonchev–Trinajstić information content (AvgIpc) is 2.69. The van der Waals surface area contributed by atoms with Crippen molar-refractivity contribution >= 4 is 0 Å². The Hall–Kier alpha value is -0.250. The molecule has 0 radical (unpaired) electrons. The van der Waals surface area contributed by atoms with Crippen LogP contribution in [0.1, 0.15) is 116 Å². The minimum atomic E-state index is -3.98. The number of unbranched alkanes of at least 4 members (excludes halogenated alkanes) is 6. The molecule has 0 aliphatic heterocycles. The first kappa shape index (κ1) is 24.0. The van der Waals surface area contributed by atoms with Crippen LogP contribution < -0.4 is 0 Å². The molecule has 0 spiro atoms. The van der Waals surface area contributed by atoms with E-state index in [1.807, 2.05) is 0 Å². The molecule has 0 bridgehead atoms. The van der Waals surface area contributed by atoms with Gasteiger partial charge < -0.3 is 4.74 Å². The summed E-state index contributed by atoms with van der Waals surface area (Å²) < 4.78 is 43.3. The Labute approximate surface area is 171 Å². The van der Waals surface area contributed by atoms with Gasteiger partial charge in [-0.15, -0.1) is 0 Å². The predicted molar refractivity (Wildman–Crippen MR) is 110 cm³/mol. The molecular weight excluding hydrogens is 361 g/mol. The Morgan fingerprint density at radius 3 is 1.82 bits per heavy atom. The second kappa shape index (κ2) is 13.1. The number of alkyl halides is 3. The molecule has 0 heterocycles. The molecule has 0 aromatic heterocycles. The fourth-order valence-corrected chi connectivity index (χ4v) is 5.35. The third-order valence-corrected chi connectivity index (χ3v) is 7.21. The summed E-state index contributed by atoms with van der Waals surface area (Å²) in [4.78, 5) is 0. The zero-order valence-electron chi connectivity index (χ0n) is 18.1. The van der Waals surface area contributed by atoms with Crippen molar-refractivity contribution in [3.05, 3.63) is 0 Å². The van der Waals surface area contributed by atoms with E-state index in [1.165, 1.54) is 70.6 Å². The first-order chi connectivity index (χ1) is 13.5. The van der Waals surface area contributed by atoms with Gasteiger partial charge in [0.1, 0.15) is 0 Å². The van der Waals surface area contributed by atoms with Gasteiger partial charge in [0.25, 0.3) is 0 Å². The molecule has 0 aromatic carbocycles. The van der Waals surface area contributed by atoms with Crippen LogP contribution in [0.4, 0.5) is 13.2 Å². The van der Waals surface area contributed by atoms with Crippen molar-refractivity contribution < 1.29 is 17.9 Å². The second-order valence-electron chi connectivity index (χ2n) is 9.46. The second-order valence-corrected chi connectivity index (χ2v) is 9.46. The van der Waals surface area contributed by atoms with Crippen LogP contribution in [-0.2, 0) is 4.74 Å². The van der Waals surface area contributed by atoms with E-state index in [1.54, 1.807) is 0 Å². The van der Waals surface area contributed by atoms with Crippen LogP contribution in [0.15, 0.2) is 0 Å². The van der Waals surface area contributed by atoms with Crippen LogP contribution in [-0.4, -0.2) is 18.9 Å². The quantitative estimate of drug-likeness (QED) is 0.296. The Bertz CT molecular complexity index is 380. The fourth-order valence-electron chi connectivity index (χ4n) is 5.35. The third kappa shape index (κ3) is 9.98. The first-order valence-electron chi connectivity index (χ1n) is 12.2. The molecule has 2 aliphatic rings. The van der Waals surface area contributed by atoms with Gasteiger partial charge >= 0.3 is 6.18 Å².